The lowest BCUT2D eigenvalue weighted by Gasteiger charge is -2.03. The van der Waals surface area contributed by atoms with Crippen LogP contribution in [0.25, 0.3) is 5.65 Å². The lowest BCUT2D eigenvalue weighted by molar-refractivity contribution is 0.0684. The van der Waals surface area contributed by atoms with Crippen molar-refractivity contribution in [3.8, 4) is 5.88 Å². The SMILES string of the molecule is O=C(O)c1c(OCCC2CC2)nc2ccccn12. The molecular weight excluding hydrogens is 232 g/mol. The summed E-state index contributed by atoms with van der Waals surface area (Å²) in [4.78, 5) is 15.5. The molecule has 0 aliphatic heterocycles. The average Bonchev–Trinajstić information content (AvgIpc) is 3.08. The van der Waals surface area contributed by atoms with Gasteiger partial charge in [0.15, 0.2) is 5.69 Å². The Balaban J connectivity index is 1.88. The lowest BCUT2D eigenvalue weighted by Crippen LogP contribution is -2.06. The first kappa shape index (κ1) is 11.1. The van der Waals surface area contributed by atoms with Crippen LogP contribution in [0.4, 0.5) is 0 Å². The maximum absolute atomic E-state index is 11.3. The summed E-state index contributed by atoms with van der Waals surface area (Å²) >= 11 is 0. The summed E-state index contributed by atoms with van der Waals surface area (Å²) in [6, 6.07) is 5.36. The van der Waals surface area contributed by atoms with Crippen LogP contribution < -0.4 is 4.74 Å². The quantitative estimate of drug-likeness (QED) is 0.878. The molecule has 3 rings (SSSR count). The van der Waals surface area contributed by atoms with Gasteiger partial charge >= 0.3 is 5.97 Å². The van der Waals surface area contributed by atoms with Crippen LogP contribution in [0.2, 0.25) is 0 Å². The number of hydrogen-bond donors (Lipinski definition) is 1. The molecule has 0 spiro atoms. The van der Waals surface area contributed by atoms with Crippen molar-refractivity contribution in [2.24, 2.45) is 5.92 Å². The van der Waals surface area contributed by atoms with Crippen molar-refractivity contribution in [1.29, 1.82) is 0 Å². The molecular formula is C13H14N2O3. The van der Waals surface area contributed by atoms with Crippen LogP contribution in [0.15, 0.2) is 24.4 Å². The monoisotopic (exact) mass is 246 g/mol. The van der Waals surface area contributed by atoms with Crippen molar-refractivity contribution in [3.63, 3.8) is 0 Å². The molecule has 1 N–H and O–H groups in total. The van der Waals surface area contributed by atoms with Crippen LogP contribution in [0.5, 0.6) is 5.88 Å². The van der Waals surface area contributed by atoms with Crippen molar-refractivity contribution in [2.45, 2.75) is 19.3 Å². The number of nitrogens with zero attached hydrogens (tertiary/aromatic N) is 2. The van der Waals surface area contributed by atoms with E-state index in [-0.39, 0.29) is 11.6 Å². The molecule has 1 saturated carbocycles. The van der Waals surface area contributed by atoms with Gasteiger partial charge in [-0.2, -0.15) is 4.98 Å². The standard InChI is InChI=1S/C13H14N2O3/c16-13(17)11-12(18-8-6-9-4-5-9)14-10-3-1-2-7-15(10)11/h1-3,7,9H,4-6,8H2,(H,16,17). The molecule has 1 aliphatic rings. The summed E-state index contributed by atoms with van der Waals surface area (Å²) in [5.74, 6) is -0.0419. The van der Waals surface area contributed by atoms with E-state index in [1.54, 1.807) is 18.3 Å². The van der Waals surface area contributed by atoms with E-state index in [0.29, 0.717) is 12.3 Å². The molecule has 0 aromatic carbocycles. The zero-order valence-corrected chi connectivity index (χ0v) is 9.87. The average molecular weight is 246 g/mol. The topological polar surface area (TPSA) is 63.8 Å². The number of carboxylic acids is 1. The first-order valence-electron chi connectivity index (χ1n) is 6.09. The van der Waals surface area contributed by atoms with Gasteiger partial charge in [-0.15, -0.1) is 0 Å². The van der Waals surface area contributed by atoms with E-state index in [1.165, 1.54) is 17.2 Å². The van der Waals surface area contributed by atoms with Crippen LogP contribution in [0.3, 0.4) is 0 Å². The number of carbonyl (C=O) groups is 1. The van der Waals surface area contributed by atoms with E-state index in [4.69, 9.17) is 4.74 Å². The number of imidazole rings is 1. The molecule has 94 valence electrons. The third-order valence-electron chi connectivity index (χ3n) is 3.16. The second-order valence-electron chi connectivity index (χ2n) is 4.58. The number of fused-ring (bicyclic) bond motifs is 1. The molecule has 0 radical (unpaired) electrons. The van der Waals surface area contributed by atoms with E-state index in [9.17, 15) is 9.90 Å². The van der Waals surface area contributed by atoms with E-state index in [0.717, 1.165) is 12.3 Å². The second kappa shape index (κ2) is 4.33. The Kier molecular flexibility index (Phi) is 2.66. The Hall–Kier alpha value is -2.04. The van der Waals surface area contributed by atoms with Gasteiger partial charge in [-0.25, -0.2) is 4.79 Å². The van der Waals surface area contributed by atoms with Gasteiger partial charge in [0, 0.05) is 6.20 Å². The summed E-state index contributed by atoms with van der Waals surface area (Å²) in [7, 11) is 0. The number of aromatic nitrogens is 2. The molecule has 5 nitrogen and oxygen atoms in total. The van der Waals surface area contributed by atoms with Gasteiger partial charge in [-0.3, -0.25) is 4.40 Å². The predicted molar refractivity (Wildman–Crippen MR) is 65.0 cm³/mol. The highest BCUT2D eigenvalue weighted by Gasteiger charge is 2.23. The number of ether oxygens (including phenoxy) is 1. The number of aromatic carboxylic acids is 1. The molecule has 0 saturated heterocycles. The Bertz CT molecular complexity index is 587. The molecule has 5 heteroatoms. The molecule has 0 amide bonds. The van der Waals surface area contributed by atoms with Gasteiger partial charge < -0.3 is 9.84 Å². The van der Waals surface area contributed by atoms with Crippen molar-refractivity contribution >= 4 is 11.6 Å². The lowest BCUT2D eigenvalue weighted by atomic mass is 10.3. The molecule has 2 aromatic heterocycles. The van der Waals surface area contributed by atoms with Gasteiger partial charge in [0.25, 0.3) is 0 Å². The van der Waals surface area contributed by atoms with Crippen LogP contribution in [0, 0.1) is 5.92 Å². The van der Waals surface area contributed by atoms with Gasteiger partial charge in [-0.1, -0.05) is 18.9 Å². The highest BCUT2D eigenvalue weighted by molar-refractivity contribution is 5.89. The van der Waals surface area contributed by atoms with Crippen LogP contribution in [-0.4, -0.2) is 27.1 Å². The minimum Gasteiger partial charge on any atom is -0.476 e. The Labute approximate surface area is 104 Å². The first-order chi connectivity index (χ1) is 8.75. The molecule has 18 heavy (non-hydrogen) atoms. The van der Waals surface area contributed by atoms with E-state index in [2.05, 4.69) is 4.98 Å². The van der Waals surface area contributed by atoms with Crippen LogP contribution in [0.1, 0.15) is 29.8 Å². The molecule has 1 aliphatic carbocycles. The van der Waals surface area contributed by atoms with E-state index >= 15 is 0 Å². The first-order valence-corrected chi connectivity index (χ1v) is 6.09. The summed E-state index contributed by atoms with van der Waals surface area (Å²) in [6.07, 6.45) is 5.19. The number of rotatable bonds is 5. The highest BCUT2D eigenvalue weighted by Crippen LogP contribution is 2.32. The Morgan fingerprint density at radius 2 is 2.33 bits per heavy atom. The van der Waals surface area contributed by atoms with Gasteiger partial charge in [0.2, 0.25) is 5.88 Å². The number of carboxylic acid groups (broad SMARTS) is 1. The van der Waals surface area contributed by atoms with Crippen molar-refractivity contribution < 1.29 is 14.6 Å². The second-order valence-corrected chi connectivity index (χ2v) is 4.58. The molecule has 0 unspecified atom stereocenters. The summed E-state index contributed by atoms with van der Waals surface area (Å²) in [5.41, 5.74) is 0.692. The smallest absolute Gasteiger partial charge is 0.358 e. The minimum atomic E-state index is -1.02. The van der Waals surface area contributed by atoms with Crippen molar-refractivity contribution in [2.75, 3.05) is 6.61 Å². The maximum atomic E-state index is 11.3. The molecule has 0 bridgehead atoms. The third-order valence-corrected chi connectivity index (χ3v) is 3.16. The highest BCUT2D eigenvalue weighted by atomic mass is 16.5. The van der Waals surface area contributed by atoms with Crippen molar-refractivity contribution in [3.05, 3.63) is 30.1 Å². The zero-order valence-electron chi connectivity index (χ0n) is 9.87. The van der Waals surface area contributed by atoms with E-state index < -0.39 is 5.97 Å². The summed E-state index contributed by atoms with van der Waals surface area (Å²) in [6.45, 7) is 0.537. The van der Waals surface area contributed by atoms with Crippen molar-refractivity contribution in [1.82, 2.24) is 9.38 Å². The minimum absolute atomic E-state index is 0.0985. The fraction of sp³-hybridized carbons (Fsp3) is 0.385. The normalized spacial score (nSPS) is 14.9. The summed E-state index contributed by atoms with van der Waals surface area (Å²) in [5, 5.41) is 9.23. The zero-order chi connectivity index (χ0) is 12.5. The van der Waals surface area contributed by atoms with Gasteiger partial charge in [-0.05, 0) is 24.5 Å². The molecule has 1 fully saturated rings. The van der Waals surface area contributed by atoms with E-state index in [1.807, 2.05) is 6.07 Å². The third kappa shape index (κ3) is 2.03. The number of hydrogen-bond acceptors (Lipinski definition) is 3. The summed E-state index contributed by atoms with van der Waals surface area (Å²) < 4.78 is 7.06. The van der Waals surface area contributed by atoms with Gasteiger partial charge in [0.05, 0.1) is 6.61 Å². The fourth-order valence-electron chi connectivity index (χ4n) is 2.00. The molecule has 0 atom stereocenters. The molecule has 2 aromatic rings. The molecule has 2 heterocycles. The largest absolute Gasteiger partial charge is 0.476 e. The maximum Gasteiger partial charge on any atom is 0.358 e. The fourth-order valence-corrected chi connectivity index (χ4v) is 2.00. The Morgan fingerprint density at radius 1 is 1.50 bits per heavy atom. The number of pyridine rings is 1. The van der Waals surface area contributed by atoms with Gasteiger partial charge in [0.1, 0.15) is 5.65 Å². The van der Waals surface area contributed by atoms with Crippen LogP contribution >= 0.6 is 0 Å². The van der Waals surface area contributed by atoms with Crippen LogP contribution in [-0.2, 0) is 0 Å². The Morgan fingerprint density at radius 3 is 3.06 bits per heavy atom. The predicted octanol–water partition coefficient (Wildman–Crippen LogP) is 2.21.